The number of aliphatic hydroxyl groups is 1. The number of thiocarbonyl (C=S) groups is 1. The lowest BCUT2D eigenvalue weighted by atomic mass is 9.86. The molecule has 5 heterocycles. The Morgan fingerprint density at radius 3 is 1.07 bits per heavy atom. The number of aliphatic imine (C=N–C) groups is 2. The molecule has 0 amide bonds. The first kappa shape index (κ1) is 118. The minimum Gasteiger partial charge on any atom is -0.481 e. The van der Waals surface area contributed by atoms with Gasteiger partial charge in [0.05, 0.1) is 63.8 Å². The Labute approximate surface area is 530 Å². The summed E-state index contributed by atoms with van der Waals surface area (Å²) in [7, 11) is 1.81. The maximum Gasteiger partial charge on any atom is 0.300 e. The van der Waals surface area contributed by atoms with Crippen molar-refractivity contribution in [1.29, 1.82) is 0 Å². The molecule has 0 aromatic heterocycles. The minimum atomic E-state index is -3.67. The van der Waals surface area contributed by atoms with Crippen LogP contribution in [0, 0.1) is 29.1 Å². The summed E-state index contributed by atoms with van der Waals surface area (Å²) < 4.78 is 45.4. The van der Waals surface area contributed by atoms with E-state index < -0.39 is 16.1 Å². The van der Waals surface area contributed by atoms with Gasteiger partial charge in [0, 0.05) is 62.5 Å². The molecule has 5 saturated heterocycles. The topological polar surface area (TPSA) is 242 Å². The molecule has 0 aromatic rings. The number of unbranched alkanes of at least 4 members (excludes halogenated alkanes) is 1. The van der Waals surface area contributed by atoms with Gasteiger partial charge in [-0.25, -0.2) is 14.8 Å². The van der Waals surface area contributed by atoms with Crippen LogP contribution in [0.4, 0.5) is 0 Å². The lowest BCUT2D eigenvalue weighted by Gasteiger charge is -2.36. The number of rotatable bonds is 4. The first-order valence-corrected chi connectivity index (χ1v) is 30.9. The first-order valence-electron chi connectivity index (χ1n) is 27.4. The van der Waals surface area contributed by atoms with Gasteiger partial charge in [0.15, 0.2) is 0 Å². The molecule has 5 fully saturated rings. The van der Waals surface area contributed by atoms with Crippen molar-refractivity contribution in [1.82, 2.24) is 5.32 Å². The SMILES string of the molecule is C#CC.C/C=C/C.C/C=C/CC.C/C=C/CCC.C=C(C)C.C=C(C)Cl.C=CC.CC(=O)O.CC1(C)COC1.CC1CN1.CC1CO1.CC1COC1.CC=C(C)C.CCC1(C)COC1.CN.CN=C=O.CN=C=S.CO.CS.CS(=O)(=O)O. The van der Waals surface area contributed by atoms with Crippen molar-refractivity contribution in [3.05, 3.63) is 84.5 Å². The van der Waals surface area contributed by atoms with Crippen LogP contribution in [-0.4, -0.2) is 146 Å². The molecule has 0 bridgehead atoms. The molecule has 6 N–H and O–H groups in total. The highest BCUT2D eigenvalue weighted by molar-refractivity contribution is 7.85. The number of hydrogen-bond donors (Lipinski definition) is 6. The zero-order valence-electron chi connectivity index (χ0n) is 58.3. The number of nitrogens with zero attached hydrogens (tertiary/aromatic N) is 2. The number of carbonyl (C=O) groups excluding carboxylic acids is 1. The molecule has 19 heteroatoms. The Hall–Kier alpha value is -3.34. The molecule has 5 rings (SSSR count). The summed E-state index contributed by atoms with van der Waals surface area (Å²) >= 11 is 12.7. The van der Waals surface area contributed by atoms with Crippen LogP contribution in [0.5, 0.6) is 0 Å². The number of carboxylic acid groups (broad SMARTS) is 1. The van der Waals surface area contributed by atoms with Crippen molar-refractivity contribution in [3.8, 4) is 12.3 Å². The van der Waals surface area contributed by atoms with Gasteiger partial charge in [-0.1, -0.05) is 133 Å². The summed E-state index contributed by atoms with van der Waals surface area (Å²) in [6.07, 6.45) is 30.1. The normalized spacial score (nSPS) is 14.5. The van der Waals surface area contributed by atoms with E-state index in [9.17, 15) is 8.42 Å². The van der Waals surface area contributed by atoms with Crippen LogP contribution in [0.2, 0.25) is 0 Å². The monoisotopic (exact) mass is 1260 g/mol. The van der Waals surface area contributed by atoms with Crippen molar-refractivity contribution < 1.29 is 51.7 Å². The Kier molecular flexibility index (Phi) is 156. The van der Waals surface area contributed by atoms with Gasteiger partial charge in [-0.3, -0.25) is 9.35 Å². The number of hydrogen-bond acceptors (Lipinski definition) is 15. The van der Waals surface area contributed by atoms with Gasteiger partial charge in [0.2, 0.25) is 6.08 Å². The van der Waals surface area contributed by atoms with E-state index in [1.165, 1.54) is 57.1 Å². The standard InChI is InChI=1S/C6H12O.C6H12.C5H10O.2C5H10.C4H8O.2C4H8.C3H5Cl.C3H7N.C3H6O.C3H6.C3H4.C2H3NO.C2H3NS.C2H4O2.CH5N.CH4O3S.CH4O.CH4S/c1-3-6(2)4-7-5-6;1-3-5-6-4-2;1-5(2)3-6-4-5;1-4-5(2)3;1-3-5-4-2;1-4-2-5-3-4;1-4(2)3;1-3-4-2;1-3(2)4;2*1-3-2-4-3;2*1-3-2;2*1-3-2-4;1-2(3)4;1-2;1-5(2,3)4;2*1-2/h3-5H2,1-2H3;3,5H,4,6H2,1-2H3;3-4H2,1-2H3;4H,1-3H3;3,5H,4H2,1-2H3;4H,2-3H2,1H3;1H2,2-3H3;3-4H,1-2H3;1H2,2H3;3-4H,2H2,1H3;3H,2H2,1H3;3H,1H2,2H3;1H,2H3;2*1H3;1H3,(H,3,4);2H2,1H3;1H3,(H,2,3,4);2*2H,1H3/b;5-3+;;;5-3+;;;4-3+;;;;;;;;;;;;. The van der Waals surface area contributed by atoms with E-state index in [-0.39, 0.29) is 0 Å². The fraction of sp³-hybridized carbons (Fsp3) is 0.703. The summed E-state index contributed by atoms with van der Waals surface area (Å²) in [6, 6.07) is 0.833. The Balaban J connectivity index is -0.0000000455. The van der Waals surface area contributed by atoms with E-state index in [4.69, 9.17) is 54.9 Å². The molecule has 15 nitrogen and oxygen atoms in total. The number of epoxide rings is 1. The van der Waals surface area contributed by atoms with E-state index in [1.54, 1.807) is 33.2 Å². The molecule has 5 aliphatic rings. The first-order chi connectivity index (χ1) is 38.5. The van der Waals surface area contributed by atoms with Gasteiger partial charge in [-0.05, 0) is 142 Å². The molecule has 2 atom stereocenters. The predicted octanol–water partition coefficient (Wildman–Crippen LogP) is 16.6. The van der Waals surface area contributed by atoms with E-state index in [0.717, 1.165) is 78.7 Å². The highest BCUT2D eigenvalue weighted by Gasteiger charge is 2.30. The van der Waals surface area contributed by atoms with Crippen LogP contribution in [0.15, 0.2) is 94.5 Å². The third-order valence-corrected chi connectivity index (χ3v) is 7.10. The second-order valence-electron chi connectivity index (χ2n) is 18.2. The molecule has 83 heavy (non-hydrogen) atoms. The predicted molar refractivity (Wildman–Crippen MR) is 378 cm³/mol. The smallest absolute Gasteiger partial charge is 0.300 e. The molecule has 500 valence electrons. The number of aliphatic hydroxyl groups excluding tert-OH is 1. The van der Waals surface area contributed by atoms with E-state index in [0.29, 0.717) is 28.2 Å². The Morgan fingerprint density at radius 2 is 1.06 bits per heavy atom. The third kappa shape index (κ3) is 326. The quantitative estimate of drug-likeness (QED) is 0.0224. The molecule has 2 unspecified atom stereocenters. The number of isocyanates is 1. The number of nitrogens with one attached hydrogen (secondary N) is 1. The fourth-order valence-electron chi connectivity index (χ4n) is 2.30. The number of thiol groups is 1. The molecule has 0 aliphatic carbocycles. The maximum atomic E-state index is 9.19. The second kappa shape index (κ2) is 110. The zero-order valence-corrected chi connectivity index (χ0v) is 61.5. The van der Waals surface area contributed by atoms with Gasteiger partial charge >= 0.3 is 0 Å². The molecule has 5 aliphatic heterocycles. The number of carbonyl (C=O) groups is 1. The molecular weight excluding hydrogens is 1130 g/mol. The van der Waals surface area contributed by atoms with Crippen molar-refractivity contribution in [2.45, 2.75) is 190 Å². The van der Waals surface area contributed by atoms with Crippen molar-refractivity contribution in [2.75, 3.05) is 93.6 Å². The number of isothiocyanates is 1. The number of aliphatic carboxylic acids is 1. The lowest BCUT2D eigenvalue weighted by molar-refractivity contribution is -0.134. The average molecular weight is 1270 g/mol. The fourth-order valence-corrected chi connectivity index (χ4v) is 2.30. The third-order valence-electron chi connectivity index (χ3n) is 6.91. The highest BCUT2D eigenvalue weighted by Crippen LogP contribution is 2.29. The summed E-state index contributed by atoms with van der Waals surface area (Å²) in [5.41, 5.74) is 8.09. The van der Waals surface area contributed by atoms with Crippen LogP contribution in [-0.2, 0) is 38.7 Å². The zero-order chi connectivity index (χ0) is 69.8. The summed E-state index contributed by atoms with van der Waals surface area (Å²) in [6.45, 7) is 62.5. The second-order valence-corrected chi connectivity index (χ2v) is 20.5. The van der Waals surface area contributed by atoms with Gasteiger partial charge in [-0.2, -0.15) is 21.0 Å². The van der Waals surface area contributed by atoms with Crippen LogP contribution >= 0.6 is 36.4 Å². The van der Waals surface area contributed by atoms with Gasteiger partial charge in [0.1, 0.15) is 0 Å². The number of allylic oxidation sites excluding steroid dienone is 11. The largest absolute Gasteiger partial charge is 0.481 e. The highest BCUT2D eigenvalue weighted by atomic mass is 35.5. The van der Waals surface area contributed by atoms with Crippen molar-refractivity contribution in [3.63, 3.8) is 0 Å². The van der Waals surface area contributed by atoms with Crippen LogP contribution < -0.4 is 11.1 Å². The number of nitrogens with two attached hydrogens (primary N) is 1. The van der Waals surface area contributed by atoms with Gasteiger partial charge in [0.25, 0.3) is 16.1 Å². The number of ether oxygens (including phenoxy) is 4. The number of terminal acetylenes is 1. The molecule has 0 spiro atoms. The van der Waals surface area contributed by atoms with Crippen LogP contribution in [0.25, 0.3) is 0 Å². The van der Waals surface area contributed by atoms with E-state index in [1.807, 2.05) is 60.6 Å². The Bertz CT molecular complexity index is 1530. The molecular formula is C64H133ClN4O11S3. The summed E-state index contributed by atoms with van der Waals surface area (Å²) in [5.74, 6) is 2.26. The maximum absolute atomic E-state index is 9.19. The number of halogens is 1. The van der Waals surface area contributed by atoms with E-state index in [2.05, 4.69) is 197 Å². The Morgan fingerprint density at radius 1 is 0.831 bits per heavy atom. The molecule has 0 saturated carbocycles. The number of carboxylic acids is 1. The molecule has 0 aromatic carbocycles. The van der Waals surface area contributed by atoms with Crippen LogP contribution in [0.1, 0.15) is 178 Å². The van der Waals surface area contributed by atoms with Crippen molar-refractivity contribution >= 4 is 63.8 Å². The minimum absolute atomic E-state index is 0.500. The lowest BCUT2D eigenvalue weighted by Crippen LogP contribution is -2.38. The average Bonchev–Trinajstić information content (AvgIpc) is 4.36. The van der Waals surface area contributed by atoms with Crippen molar-refractivity contribution in [2.24, 2.45) is 32.5 Å². The summed E-state index contributed by atoms with van der Waals surface area (Å²) in [5, 5.41) is 20.3. The summed E-state index contributed by atoms with van der Waals surface area (Å²) in [4.78, 5) is 24.1. The van der Waals surface area contributed by atoms with E-state index >= 15 is 0 Å². The van der Waals surface area contributed by atoms with Gasteiger partial charge in [-0.15, -0.1) is 25.5 Å². The van der Waals surface area contributed by atoms with Crippen LogP contribution in [0.3, 0.4) is 0 Å². The van der Waals surface area contributed by atoms with Gasteiger partial charge < -0.3 is 40.2 Å². The molecule has 0 radical (unpaired) electrons.